The molecule has 1 saturated heterocycles. The van der Waals surface area contributed by atoms with Crippen LogP contribution in [0.2, 0.25) is 5.02 Å². The number of rotatable bonds is 7. The Morgan fingerprint density at radius 3 is 2.31 bits per heavy atom. The van der Waals surface area contributed by atoms with Crippen molar-refractivity contribution in [3.8, 4) is 0 Å². The zero-order valence-electron chi connectivity index (χ0n) is 15.2. The van der Waals surface area contributed by atoms with Crippen molar-refractivity contribution in [1.29, 1.82) is 5.41 Å². The minimum absolute atomic E-state index is 0.195. The molecule has 1 aliphatic heterocycles. The summed E-state index contributed by atoms with van der Waals surface area (Å²) in [4.78, 5) is 6.05. The normalized spacial score (nSPS) is 16.5. The predicted octanol–water partition coefficient (Wildman–Crippen LogP) is 4.83. The first-order valence-corrected chi connectivity index (χ1v) is 10.3. The summed E-state index contributed by atoms with van der Waals surface area (Å²) in [5.74, 6) is 0. The van der Waals surface area contributed by atoms with Gasteiger partial charge in [0.25, 0.3) is 0 Å². The Kier molecular flexibility index (Phi) is 7.00. The molecule has 1 fully saturated rings. The van der Waals surface area contributed by atoms with Crippen molar-refractivity contribution in [2.45, 2.75) is 23.0 Å². The van der Waals surface area contributed by atoms with Crippen molar-refractivity contribution in [1.82, 2.24) is 4.90 Å². The lowest BCUT2D eigenvalue weighted by molar-refractivity contribution is 0.313. The van der Waals surface area contributed by atoms with E-state index < -0.39 is 0 Å². The summed E-state index contributed by atoms with van der Waals surface area (Å²) in [6, 6.07) is 16.8. The molecule has 5 heteroatoms. The Morgan fingerprint density at radius 1 is 1.04 bits per heavy atom. The van der Waals surface area contributed by atoms with E-state index in [1.807, 2.05) is 12.1 Å². The third kappa shape index (κ3) is 5.50. The molecule has 0 bridgehead atoms. The summed E-state index contributed by atoms with van der Waals surface area (Å²) in [6.45, 7) is 4.43. The van der Waals surface area contributed by atoms with Crippen LogP contribution in [0.3, 0.4) is 0 Å². The van der Waals surface area contributed by atoms with Gasteiger partial charge in [-0.1, -0.05) is 23.7 Å². The lowest BCUT2D eigenvalue weighted by atomic mass is 10.1. The second-order valence-corrected chi connectivity index (χ2v) is 8.52. The zero-order valence-corrected chi connectivity index (χ0v) is 16.8. The largest absolute Gasteiger partial charge is 0.369 e. The minimum Gasteiger partial charge on any atom is -0.369 e. The molecular formula is C21H26ClN3S. The summed E-state index contributed by atoms with van der Waals surface area (Å²) in [5, 5.41) is 8.72. The fourth-order valence-corrected chi connectivity index (χ4v) is 4.18. The molecule has 138 valence electrons. The smallest absolute Gasteiger partial charge is 0.0444 e. The van der Waals surface area contributed by atoms with Crippen molar-refractivity contribution in [2.24, 2.45) is 0 Å². The monoisotopic (exact) mass is 387 g/mol. The molecule has 0 spiro atoms. The number of benzene rings is 2. The third-order valence-corrected chi connectivity index (χ3v) is 6.28. The molecule has 0 aromatic heterocycles. The molecule has 1 atom stereocenters. The van der Waals surface area contributed by atoms with Crippen LogP contribution in [-0.2, 0) is 6.42 Å². The fraction of sp³-hybridized carbons (Fsp3) is 0.381. The number of thioether (sulfide) groups is 1. The molecule has 0 radical (unpaired) electrons. The Morgan fingerprint density at radius 2 is 1.69 bits per heavy atom. The van der Waals surface area contributed by atoms with E-state index in [0.29, 0.717) is 0 Å². The van der Waals surface area contributed by atoms with Crippen LogP contribution < -0.4 is 4.90 Å². The molecule has 26 heavy (non-hydrogen) atoms. The van der Waals surface area contributed by atoms with Gasteiger partial charge in [0.1, 0.15) is 0 Å². The molecular weight excluding hydrogens is 362 g/mol. The maximum absolute atomic E-state index is 7.75. The quantitative estimate of drug-likeness (QED) is 0.545. The van der Waals surface area contributed by atoms with Gasteiger partial charge in [-0.25, -0.2) is 0 Å². The first kappa shape index (κ1) is 19.3. The lowest BCUT2D eigenvalue weighted by Gasteiger charge is -2.34. The van der Waals surface area contributed by atoms with Crippen LogP contribution in [-0.4, -0.2) is 49.6 Å². The van der Waals surface area contributed by atoms with Crippen LogP contribution in [0.1, 0.15) is 12.0 Å². The second kappa shape index (κ2) is 9.45. The number of hydrogen-bond acceptors (Lipinski definition) is 4. The molecule has 1 aliphatic rings. The highest BCUT2D eigenvalue weighted by Gasteiger charge is 2.14. The number of anilines is 1. The average Bonchev–Trinajstić information content (AvgIpc) is 2.67. The van der Waals surface area contributed by atoms with Gasteiger partial charge in [0.05, 0.1) is 0 Å². The van der Waals surface area contributed by atoms with Gasteiger partial charge in [-0.15, -0.1) is 11.8 Å². The van der Waals surface area contributed by atoms with Crippen LogP contribution in [0.15, 0.2) is 53.4 Å². The van der Waals surface area contributed by atoms with E-state index in [4.69, 9.17) is 17.0 Å². The Balaban J connectivity index is 1.53. The zero-order chi connectivity index (χ0) is 18.4. The van der Waals surface area contributed by atoms with Gasteiger partial charge < -0.3 is 15.2 Å². The highest BCUT2D eigenvalue weighted by atomic mass is 35.5. The van der Waals surface area contributed by atoms with Gasteiger partial charge in [0.2, 0.25) is 0 Å². The molecule has 1 heterocycles. The Labute approximate surface area is 165 Å². The molecule has 3 nitrogen and oxygen atoms in total. The van der Waals surface area contributed by atoms with Gasteiger partial charge in [-0.3, -0.25) is 0 Å². The summed E-state index contributed by atoms with van der Waals surface area (Å²) in [6.07, 6.45) is 3.48. The summed E-state index contributed by atoms with van der Waals surface area (Å²) in [5.41, 5.74) is 2.57. The topological polar surface area (TPSA) is 30.3 Å². The van der Waals surface area contributed by atoms with Crippen LogP contribution in [0.5, 0.6) is 0 Å². The first-order chi connectivity index (χ1) is 12.6. The fourth-order valence-electron chi connectivity index (χ4n) is 3.11. The number of hydrogen-bond donors (Lipinski definition) is 1. The van der Waals surface area contributed by atoms with E-state index >= 15 is 0 Å². The van der Waals surface area contributed by atoms with Crippen molar-refractivity contribution < 1.29 is 0 Å². The SMILES string of the molecule is CN1CCN(c2ccc(SC(C=N)CCc3ccc(Cl)cc3)cc2)CC1. The van der Waals surface area contributed by atoms with E-state index in [1.165, 1.54) is 16.1 Å². The van der Waals surface area contributed by atoms with Crippen LogP contribution in [0.4, 0.5) is 5.69 Å². The molecule has 3 rings (SSSR count). The van der Waals surface area contributed by atoms with Crippen LogP contribution in [0, 0.1) is 5.41 Å². The van der Waals surface area contributed by atoms with E-state index in [0.717, 1.165) is 44.0 Å². The van der Waals surface area contributed by atoms with Crippen LogP contribution in [0.25, 0.3) is 0 Å². The highest BCUT2D eigenvalue weighted by Crippen LogP contribution is 2.28. The number of aryl methyl sites for hydroxylation is 1. The van der Waals surface area contributed by atoms with Crippen LogP contribution >= 0.6 is 23.4 Å². The van der Waals surface area contributed by atoms with Gasteiger partial charge in [-0.05, 0) is 61.9 Å². The predicted molar refractivity (Wildman–Crippen MR) is 114 cm³/mol. The maximum Gasteiger partial charge on any atom is 0.0444 e. The van der Waals surface area contributed by atoms with Crippen molar-refractivity contribution in [3.63, 3.8) is 0 Å². The second-order valence-electron chi connectivity index (χ2n) is 6.77. The minimum atomic E-state index is 0.195. The molecule has 2 aromatic rings. The first-order valence-electron chi connectivity index (χ1n) is 9.09. The maximum atomic E-state index is 7.75. The number of piperazine rings is 1. The van der Waals surface area contributed by atoms with E-state index in [2.05, 4.69) is 53.2 Å². The number of nitrogens with one attached hydrogen (secondary N) is 1. The third-order valence-electron chi connectivity index (χ3n) is 4.81. The molecule has 0 saturated carbocycles. The van der Waals surface area contributed by atoms with Gasteiger partial charge >= 0.3 is 0 Å². The van der Waals surface area contributed by atoms with Gasteiger partial charge in [0.15, 0.2) is 0 Å². The number of halogens is 1. The molecule has 0 aliphatic carbocycles. The van der Waals surface area contributed by atoms with E-state index in [1.54, 1.807) is 18.0 Å². The average molecular weight is 388 g/mol. The standard InChI is InChI=1S/C21H26ClN3S/c1-24-12-14-25(15-13-24)19-7-10-20(11-8-19)26-21(16-23)9-4-17-2-5-18(22)6-3-17/h2-3,5-8,10-11,16,21,23H,4,9,12-15H2,1H3. The molecule has 0 amide bonds. The molecule has 2 aromatic carbocycles. The summed E-state index contributed by atoms with van der Waals surface area (Å²) < 4.78 is 0. The molecule has 1 unspecified atom stereocenters. The Hall–Kier alpha value is -1.49. The van der Waals surface area contributed by atoms with Crippen molar-refractivity contribution in [3.05, 3.63) is 59.1 Å². The van der Waals surface area contributed by atoms with E-state index in [9.17, 15) is 0 Å². The highest BCUT2D eigenvalue weighted by molar-refractivity contribution is 8.00. The van der Waals surface area contributed by atoms with Gasteiger partial charge in [0, 0.05) is 53.2 Å². The lowest BCUT2D eigenvalue weighted by Crippen LogP contribution is -2.44. The van der Waals surface area contributed by atoms with Gasteiger partial charge in [-0.2, -0.15) is 0 Å². The summed E-state index contributed by atoms with van der Waals surface area (Å²) >= 11 is 7.71. The summed E-state index contributed by atoms with van der Waals surface area (Å²) in [7, 11) is 2.18. The number of likely N-dealkylation sites (N-methyl/N-ethyl adjacent to an activating group) is 1. The van der Waals surface area contributed by atoms with E-state index in [-0.39, 0.29) is 5.25 Å². The van der Waals surface area contributed by atoms with Crippen molar-refractivity contribution >= 4 is 35.3 Å². The Bertz CT molecular complexity index is 694. The molecule has 1 N–H and O–H groups in total. The van der Waals surface area contributed by atoms with Crippen molar-refractivity contribution in [2.75, 3.05) is 38.1 Å². The number of nitrogens with zero attached hydrogens (tertiary/aromatic N) is 2.